The lowest BCUT2D eigenvalue weighted by Crippen LogP contribution is -1.98. The first kappa shape index (κ1) is 29.0. The second-order valence-corrected chi connectivity index (χ2v) is 12.9. The molecule has 0 N–H and O–H groups in total. The summed E-state index contributed by atoms with van der Waals surface area (Å²) in [5.74, 6) is 0.850. The van der Waals surface area contributed by atoms with Crippen molar-refractivity contribution in [1.29, 1.82) is 0 Å². The predicted molar refractivity (Wildman–Crippen MR) is 211 cm³/mol. The van der Waals surface area contributed by atoms with Gasteiger partial charge in [-0.3, -0.25) is 14.5 Å². The highest BCUT2D eigenvalue weighted by Gasteiger charge is 2.21. The summed E-state index contributed by atoms with van der Waals surface area (Å²) in [5, 5.41) is 7.28. The van der Waals surface area contributed by atoms with E-state index in [-0.39, 0.29) is 0 Å². The van der Waals surface area contributed by atoms with Gasteiger partial charge in [0.1, 0.15) is 11.3 Å². The van der Waals surface area contributed by atoms with Crippen LogP contribution >= 0.6 is 0 Å². The summed E-state index contributed by atoms with van der Waals surface area (Å²) >= 11 is 0. The molecule has 0 fully saturated rings. The van der Waals surface area contributed by atoms with Crippen molar-refractivity contribution in [3.05, 3.63) is 182 Å². The molecule has 0 aliphatic carbocycles. The van der Waals surface area contributed by atoms with Gasteiger partial charge in [-0.1, -0.05) is 109 Å². The second kappa shape index (κ2) is 11.9. The van der Waals surface area contributed by atoms with Gasteiger partial charge < -0.3 is 0 Å². The van der Waals surface area contributed by atoms with E-state index in [0.29, 0.717) is 0 Å². The zero-order chi connectivity index (χ0) is 33.7. The van der Waals surface area contributed by atoms with Gasteiger partial charge in [0.15, 0.2) is 0 Å². The van der Waals surface area contributed by atoms with E-state index >= 15 is 0 Å². The average Bonchev–Trinajstić information content (AvgIpc) is 3.61. The molecule has 4 nitrogen and oxygen atoms in total. The normalized spacial score (nSPS) is 11.5. The van der Waals surface area contributed by atoms with Crippen LogP contribution in [-0.2, 0) is 0 Å². The zero-order valence-corrected chi connectivity index (χ0v) is 27.6. The molecule has 0 saturated heterocycles. The molecule has 0 atom stereocenters. The van der Waals surface area contributed by atoms with Crippen molar-refractivity contribution in [3.63, 3.8) is 0 Å². The zero-order valence-electron chi connectivity index (χ0n) is 27.6. The number of hydrogen-bond donors (Lipinski definition) is 0. The standard InChI is InChI=1S/C47H30N4/c1-2-15-39(16-3-1)51-44-22-24-49-45(34-21-20-31-11-4-5-12-32(31)25-34)46(44)50-47(51)38-27-36(35-14-10-23-48-30-35)26-37(28-38)43-29-33-13-6-7-17-40(33)41-18-8-9-19-42(41)43/h1-30H. The van der Waals surface area contributed by atoms with Crippen LogP contribution in [-0.4, -0.2) is 19.5 Å². The molecule has 0 aliphatic heterocycles. The van der Waals surface area contributed by atoms with E-state index in [0.717, 1.165) is 56.1 Å². The van der Waals surface area contributed by atoms with Crippen LogP contribution in [0.2, 0.25) is 0 Å². The lowest BCUT2D eigenvalue weighted by atomic mass is 9.90. The summed E-state index contributed by atoms with van der Waals surface area (Å²) in [6.45, 7) is 0. The Morgan fingerprint density at radius 2 is 1.16 bits per heavy atom. The minimum atomic E-state index is 0.850. The summed E-state index contributed by atoms with van der Waals surface area (Å²) in [7, 11) is 0. The van der Waals surface area contributed by atoms with E-state index in [9.17, 15) is 0 Å². The summed E-state index contributed by atoms with van der Waals surface area (Å²) in [4.78, 5) is 14.9. The molecule has 7 aromatic carbocycles. The molecule has 0 aliphatic rings. The molecular weight excluding hydrogens is 621 g/mol. The molecule has 0 saturated carbocycles. The van der Waals surface area contributed by atoms with Gasteiger partial charge in [0.05, 0.1) is 11.2 Å². The molecular formula is C47H30N4. The Balaban J connectivity index is 1.27. The van der Waals surface area contributed by atoms with Gasteiger partial charge >= 0.3 is 0 Å². The first-order valence-electron chi connectivity index (χ1n) is 17.2. The number of imidazole rings is 1. The third kappa shape index (κ3) is 4.96. The quantitative estimate of drug-likeness (QED) is 0.174. The van der Waals surface area contributed by atoms with Crippen molar-refractivity contribution < 1.29 is 0 Å². The number of rotatable bonds is 5. The molecule has 10 rings (SSSR count). The van der Waals surface area contributed by atoms with E-state index in [1.54, 1.807) is 0 Å². The third-order valence-corrected chi connectivity index (χ3v) is 9.88. The first-order chi connectivity index (χ1) is 25.3. The summed E-state index contributed by atoms with van der Waals surface area (Å²) < 4.78 is 2.27. The van der Waals surface area contributed by atoms with Gasteiger partial charge in [0.2, 0.25) is 0 Å². The van der Waals surface area contributed by atoms with Gasteiger partial charge in [0.25, 0.3) is 0 Å². The molecule has 10 aromatic rings. The van der Waals surface area contributed by atoms with Gasteiger partial charge in [0, 0.05) is 41.0 Å². The second-order valence-electron chi connectivity index (χ2n) is 12.9. The maximum atomic E-state index is 5.48. The fourth-order valence-corrected chi connectivity index (χ4v) is 7.49. The van der Waals surface area contributed by atoms with Crippen molar-refractivity contribution in [2.75, 3.05) is 0 Å². The van der Waals surface area contributed by atoms with Crippen LogP contribution in [0.25, 0.3) is 93.9 Å². The van der Waals surface area contributed by atoms with Crippen molar-refractivity contribution in [2.24, 2.45) is 0 Å². The Morgan fingerprint density at radius 1 is 0.431 bits per heavy atom. The van der Waals surface area contributed by atoms with E-state index in [1.807, 2.05) is 24.7 Å². The highest BCUT2D eigenvalue weighted by Crippen LogP contribution is 2.40. The van der Waals surface area contributed by atoms with E-state index in [1.165, 1.54) is 37.9 Å². The molecule has 0 spiro atoms. The average molecular weight is 651 g/mol. The van der Waals surface area contributed by atoms with Crippen LogP contribution in [0.1, 0.15) is 0 Å². The maximum absolute atomic E-state index is 5.48. The molecule has 51 heavy (non-hydrogen) atoms. The predicted octanol–water partition coefficient (Wildman–Crippen LogP) is 11.9. The Hall–Kier alpha value is -6.91. The SMILES string of the molecule is c1ccc(-n2c(-c3cc(-c4cccnc4)cc(-c4cc5ccccc5c5ccccc45)c3)nc3c(-c4ccc5ccccc5c4)nccc32)cc1. The molecule has 0 unspecified atom stereocenters. The highest BCUT2D eigenvalue weighted by atomic mass is 15.1. The fourth-order valence-electron chi connectivity index (χ4n) is 7.49. The van der Waals surface area contributed by atoms with Crippen LogP contribution in [0.4, 0.5) is 0 Å². The van der Waals surface area contributed by atoms with Crippen LogP contribution in [0.3, 0.4) is 0 Å². The summed E-state index contributed by atoms with van der Waals surface area (Å²) in [6, 6.07) is 58.1. The third-order valence-electron chi connectivity index (χ3n) is 9.88. The maximum Gasteiger partial charge on any atom is 0.145 e. The first-order valence-corrected chi connectivity index (χ1v) is 17.2. The van der Waals surface area contributed by atoms with Crippen LogP contribution in [0, 0.1) is 0 Å². The number of aromatic nitrogens is 4. The van der Waals surface area contributed by atoms with Crippen molar-refractivity contribution >= 4 is 43.4 Å². The molecule has 0 bridgehead atoms. The Kier molecular flexibility index (Phi) is 6.78. The number of hydrogen-bond acceptors (Lipinski definition) is 3. The molecule has 0 radical (unpaired) electrons. The Morgan fingerprint density at radius 3 is 2.00 bits per heavy atom. The number of pyridine rings is 2. The van der Waals surface area contributed by atoms with E-state index in [4.69, 9.17) is 9.97 Å². The molecule has 0 amide bonds. The number of fused-ring (bicyclic) bond motifs is 5. The monoisotopic (exact) mass is 650 g/mol. The van der Waals surface area contributed by atoms with Crippen molar-refractivity contribution in [1.82, 2.24) is 19.5 Å². The molecule has 4 heteroatoms. The molecule has 3 heterocycles. The van der Waals surface area contributed by atoms with Crippen LogP contribution in [0.15, 0.2) is 182 Å². The number of nitrogens with zero attached hydrogens (tertiary/aromatic N) is 4. The number of para-hydroxylation sites is 1. The van der Waals surface area contributed by atoms with E-state index < -0.39 is 0 Å². The lowest BCUT2D eigenvalue weighted by Gasteiger charge is -2.15. The Labute approximate surface area is 295 Å². The largest absolute Gasteiger partial charge is 0.292 e. The minimum absolute atomic E-state index is 0.850. The Bertz CT molecular complexity index is 2910. The van der Waals surface area contributed by atoms with Gasteiger partial charge in [-0.15, -0.1) is 0 Å². The van der Waals surface area contributed by atoms with E-state index in [2.05, 4.69) is 167 Å². The fraction of sp³-hybridized carbons (Fsp3) is 0. The topological polar surface area (TPSA) is 43.6 Å². The molecule has 3 aromatic heterocycles. The smallest absolute Gasteiger partial charge is 0.145 e. The van der Waals surface area contributed by atoms with Crippen molar-refractivity contribution in [2.45, 2.75) is 0 Å². The summed E-state index contributed by atoms with van der Waals surface area (Å²) in [5.41, 5.74) is 10.2. The number of benzene rings is 7. The van der Waals surface area contributed by atoms with Crippen molar-refractivity contribution in [3.8, 4) is 50.6 Å². The van der Waals surface area contributed by atoms with Crippen LogP contribution < -0.4 is 0 Å². The molecule has 238 valence electrons. The lowest BCUT2D eigenvalue weighted by molar-refractivity contribution is 1.10. The minimum Gasteiger partial charge on any atom is -0.292 e. The van der Waals surface area contributed by atoms with Crippen LogP contribution in [0.5, 0.6) is 0 Å². The van der Waals surface area contributed by atoms with Gasteiger partial charge in [-0.2, -0.15) is 0 Å². The van der Waals surface area contributed by atoms with Gasteiger partial charge in [-0.05, 0) is 104 Å². The summed E-state index contributed by atoms with van der Waals surface area (Å²) in [6.07, 6.45) is 5.65. The highest BCUT2D eigenvalue weighted by molar-refractivity contribution is 6.14. The van der Waals surface area contributed by atoms with Gasteiger partial charge in [-0.25, -0.2) is 4.98 Å².